The van der Waals surface area contributed by atoms with Gasteiger partial charge in [0, 0.05) is 22.3 Å². The van der Waals surface area contributed by atoms with Gasteiger partial charge in [0.25, 0.3) is 5.91 Å². The van der Waals surface area contributed by atoms with Crippen molar-refractivity contribution in [2.24, 2.45) is 0 Å². The number of nitrogen functional groups attached to an aromatic ring is 1. The van der Waals surface area contributed by atoms with Gasteiger partial charge < -0.3 is 11.1 Å². The molecule has 0 aliphatic heterocycles. The molecule has 1 heterocycles. The Kier molecular flexibility index (Phi) is 4.39. The van der Waals surface area contributed by atoms with Gasteiger partial charge in [0.1, 0.15) is 5.01 Å². The summed E-state index contributed by atoms with van der Waals surface area (Å²) in [5.74, 6) is -0.234. The molecule has 6 heteroatoms. The second-order valence-electron chi connectivity index (χ2n) is 4.04. The number of nitrogens with one attached hydrogen (secondary N) is 1. The topological polar surface area (TPSA) is 68.0 Å². The summed E-state index contributed by atoms with van der Waals surface area (Å²) in [4.78, 5) is 16.4. The van der Waals surface area contributed by atoms with E-state index in [0.717, 1.165) is 11.4 Å². The summed E-state index contributed by atoms with van der Waals surface area (Å²) in [6, 6.07) is 4.75. The van der Waals surface area contributed by atoms with Gasteiger partial charge in [-0.3, -0.25) is 4.79 Å². The summed E-state index contributed by atoms with van der Waals surface area (Å²) in [7, 11) is 0. The summed E-state index contributed by atoms with van der Waals surface area (Å²) in [5, 5.41) is 6.18. The van der Waals surface area contributed by atoms with Crippen LogP contribution in [0, 0.1) is 0 Å². The number of nitrogens with zero attached hydrogens (tertiary/aromatic N) is 1. The van der Waals surface area contributed by atoms with Crippen LogP contribution in [0.4, 0.5) is 5.69 Å². The highest BCUT2D eigenvalue weighted by Gasteiger charge is 2.17. The maximum atomic E-state index is 12.2. The normalized spacial score (nSPS) is 12.1. The predicted molar refractivity (Wildman–Crippen MR) is 78.5 cm³/mol. The summed E-state index contributed by atoms with van der Waals surface area (Å²) in [6.07, 6.45) is 2.49. The Labute approximate surface area is 120 Å². The lowest BCUT2D eigenvalue weighted by atomic mass is 10.1. The third-order valence-corrected chi connectivity index (χ3v) is 3.85. The van der Waals surface area contributed by atoms with Crippen LogP contribution in [0.5, 0.6) is 0 Å². The molecule has 1 unspecified atom stereocenters. The van der Waals surface area contributed by atoms with Crippen LogP contribution in [0.2, 0.25) is 5.02 Å². The number of rotatable bonds is 4. The van der Waals surface area contributed by atoms with Crippen LogP contribution < -0.4 is 11.1 Å². The number of hydrogen-bond acceptors (Lipinski definition) is 4. The van der Waals surface area contributed by atoms with Gasteiger partial charge in [0.2, 0.25) is 0 Å². The summed E-state index contributed by atoms with van der Waals surface area (Å²) < 4.78 is 0. The molecular formula is C13H14ClN3OS. The molecule has 0 aliphatic carbocycles. The van der Waals surface area contributed by atoms with Gasteiger partial charge in [-0.2, -0.15) is 0 Å². The third-order valence-electron chi connectivity index (χ3n) is 2.72. The maximum Gasteiger partial charge on any atom is 0.253 e. The van der Waals surface area contributed by atoms with Crippen molar-refractivity contribution >= 4 is 34.5 Å². The van der Waals surface area contributed by atoms with E-state index in [4.69, 9.17) is 17.3 Å². The van der Waals surface area contributed by atoms with E-state index in [0.29, 0.717) is 16.3 Å². The van der Waals surface area contributed by atoms with Crippen LogP contribution in [0.25, 0.3) is 0 Å². The van der Waals surface area contributed by atoms with Crippen LogP contribution in [-0.2, 0) is 0 Å². The fraction of sp³-hybridized carbons (Fsp3) is 0.231. The SMILES string of the molecule is CCC(NC(=O)c1cc(Cl)ccc1N)c1nccs1. The van der Waals surface area contributed by atoms with Gasteiger partial charge in [-0.25, -0.2) is 4.98 Å². The Balaban J connectivity index is 2.18. The minimum Gasteiger partial charge on any atom is -0.398 e. The highest BCUT2D eigenvalue weighted by atomic mass is 35.5. The first-order valence-electron chi connectivity index (χ1n) is 5.87. The molecule has 0 aliphatic rings. The first-order chi connectivity index (χ1) is 9.11. The van der Waals surface area contributed by atoms with Gasteiger partial charge in [0.15, 0.2) is 0 Å². The Morgan fingerprint density at radius 3 is 3.00 bits per heavy atom. The largest absolute Gasteiger partial charge is 0.398 e. The molecule has 2 rings (SSSR count). The molecule has 1 aromatic carbocycles. The Bertz CT molecular complexity index is 571. The van der Waals surface area contributed by atoms with Crippen LogP contribution in [-0.4, -0.2) is 10.9 Å². The molecule has 1 atom stereocenters. The highest BCUT2D eigenvalue weighted by molar-refractivity contribution is 7.09. The lowest BCUT2D eigenvalue weighted by molar-refractivity contribution is 0.0936. The lowest BCUT2D eigenvalue weighted by Gasteiger charge is -2.15. The van der Waals surface area contributed by atoms with E-state index in [9.17, 15) is 4.79 Å². The number of nitrogens with two attached hydrogens (primary N) is 1. The second-order valence-corrected chi connectivity index (χ2v) is 5.40. The number of benzene rings is 1. The molecule has 100 valence electrons. The van der Waals surface area contributed by atoms with Crippen molar-refractivity contribution in [3.05, 3.63) is 45.4 Å². The first kappa shape index (κ1) is 13.8. The second kappa shape index (κ2) is 6.04. The molecule has 0 saturated heterocycles. The van der Waals surface area contributed by atoms with Gasteiger partial charge in [0.05, 0.1) is 11.6 Å². The molecule has 19 heavy (non-hydrogen) atoms. The smallest absolute Gasteiger partial charge is 0.253 e. The zero-order valence-electron chi connectivity index (χ0n) is 10.4. The Hall–Kier alpha value is -1.59. The molecule has 2 aromatic rings. The zero-order chi connectivity index (χ0) is 13.8. The van der Waals surface area contributed by atoms with Crippen molar-refractivity contribution in [2.75, 3.05) is 5.73 Å². The van der Waals surface area contributed by atoms with Crippen LogP contribution in [0.3, 0.4) is 0 Å². The molecule has 1 aromatic heterocycles. The van der Waals surface area contributed by atoms with Crippen LogP contribution >= 0.6 is 22.9 Å². The molecular weight excluding hydrogens is 282 g/mol. The van der Waals surface area contributed by atoms with Crippen molar-refractivity contribution in [1.29, 1.82) is 0 Å². The number of carbonyl (C=O) groups excluding carboxylic acids is 1. The van der Waals surface area contributed by atoms with Gasteiger partial charge in [-0.05, 0) is 24.6 Å². The Morgan fingerprint density at radius 1 is 1.58 bits per heavy atom. The van der Waals surface area contributed by atoms with E-state index in [2.05, 4.69) is 10.3 Å². The van der Waals surface area contributed by atoms with Crippen molar-refractivity contribution in [3.8, 4) is 0 Å². The van der Waals surface area contributed by atoms with Crippen molar-refractivity contribution in [3.63, 3.8) is 0 Å². The minimum absolute atomic E-state index is 0.106. The minimum atomic E-state index is -0.234. The fourth-order valence-electron chi connectivity index (χ4n) is 1.71. The Morgan fingerprint density at radius 2 is 2.37 bits per heavy atom. The zero-order valence-corrected chi connectivity index (χ0v) is 12.0. The molecule has 0 spiro atoms. The van der Waals surface area contributed by atoms with Gasteiger partial charge in [-0.15, -0.1) is 11.3 Å². The number of anilines is 1. The van der Waals surface area contributed by atoms with Crippen LogP contribution in [0.1, 0.15) is 34.8 Å². The number of halogens is 1. The molecule has 0 bridgehead atoms. The lowest BCUT2D eigenvalue weighted by Crippen LogP contribution is -2.28. The monoisotopic (exact) mass is 295 g/mol. The van der Waals surface area contributed by atoms with Gasteiger partial charge in [-0.1, -0.05) is 18.5 Å². The number of carbonyl (C=O) groups is 1. The van der Waals surface area contributed by atoms with E-state index in [1.807, 2.05) is 12.3 Å². The average Bonchev–Trinajstić information content (AvgIpc) is 2.92. The number of aromatic nitrogens is 1. The van der Waals surface area contributed by atoms with E-state index in [1.165, 1.54) is 11.3 Å². The quantitative estimate of drug-likeness (QED) is 0.851. The van der Waals surface area contributed by atoms with Crippen LogP contribution in [0.15, 0.2) is 29.8 Å². The number of hydrogen-bond donors (Lipinski definition) is 2. The number of thiazole rings is 1. The summed E-state index contributed by atoms with van der Waals surface area (Å²) in [5.41, 5.74) is 6.60. The van der Waals surface area contributed by atoms with Crippen molar-refractivity contribution in [1.82, 2.24) is 10.3 Å². The standard InChI is InChI=1S/C13H14ClN3OS/c1-2-11(13-16-5-6-19-13)17-12(18)9-7-8(14)3-4-10(9)15/h3-7,11H,2,15H2,1H3,(H,17,18). The van der Waals surface area contributed by atoms with Crippen molar-refractivity contribution < 1.29 is 4.79 Å². The molecule has 3 N–H and O–H groups in total. The van der Waals surface area contributed by atoms with E-state index in [-0.39, 0.29) is 11.9 Å². The summed E-state index contributed by atoms with van der Waals surface area (Å²) >= 11 is 7.40. The summed E-state index contributed by atoms with van der Waals surface area (Å²) in [6.45, 7) is 1.99. The fourth-order valence-corrected chi connectivity index (χ4v) is 2.65. The number of amides is 1. The predicted octanol–water partition coefficient (Wildman–Crippen LogP) is 3.26. The molecule has 1 amide bonds. The molecule has 0 saturated carbocycles. The van der Waals surface area contributed by atoms with Crippen molar-refractivity contribution in [2.45, 2.75) is 19.4 Å². The molecule has 0 fully saturated rings. The van der Waals surface area contributed by atoms with Gasteiger partial charge >= 0.3 is 0 Å². The highest BCUT2D eigenvalue weighted by Crippen LogP contribution is 2.22. The molecule has 0 radical (unpaired) electrons. The average molecular weight is 296 g/mol. The third kappa shape index (κ3) is 3.24. The molecule has 4 nitrogen and oxygen atoms in total. The van der Waals surface area contributed by atoms with E-state index < -0.39 is 0 Å². The van der Waals surface area contributed by atoms with E-state index in [1.54, 1.807) is 24.4 Å². The maximum absolute atomic E-state index is 12.2. The first-order valence-corrected chi connectivity index (χ1v) is 7.13. The van der Waals surface area contributed by atoms with E-state index >= 15 is 0 Å².